The van der Waals surface area contributed by atoms with Gasteiger partial charge in [0.15, 0.2) is 0 Å². The van der Waals surface area contributed by atoms with Crippen molar-refractivity contribution in [3.05, 3.63) is 50.7 Å². The van der Waals surface area contributed by atoms with Gasteiger partial charge in [-0.25, -0.2) is 0 Å². The van der Waals surface area contributed by atoms with E-state index in [0.717, 1.165) is 5.56 Å². The molecular weight excluding hydrogens is 335 g/mol. The van der Waals surface area contributed by atoms with Crippen LogP contribution in [0.25, 0.3) is 0 Å². The molecule has 0 aliphatic rings. The first-order valence-corrected chi connectivity index (χ1v) is 7.48. The third-order valence-electron chi connectivity index (χ3n) is 3.08. The quantitative estimate of drug-likeness (QED) is 0.863. The number of aliphatic hydroxyl groups excluding tert-OH is 1. The van der Waals surface area contributed by atoms with E-state index in [9.17, 15) is 5.11 Å². The number of aromatic nitrogens is 2. The summed E-state index contributed by atoms with van der Waals surface area (Å²) in [5.41, 5.74) is 1.35. The monoisotopic (exact) mass is 348 g/mol. The summed E-state index contributed by atoms with van der Waals surface area (Å²) in [5, 5.41) is 16.1. The van der Waals surface area contributed by atoms with E-state index in [1.165, 1.54) is 6.20 Å². The Morgan fingerprint density at radius 3 is 2.71 bits per heavy atom. The molecule has 7 heteroatoms. The van der Waals surface area contributed by atoms with Crippen LogP contribution in [0.3, 0.4) is 0 Å². The summed E-state index contributed by atoms with van der Waals surface area (Å²) in [6.45, 7) is 1.00. The van der Waals surface area contributed by atoms with Crippen LogP contribution in [0.5, 0.6) is 0 Å². The van der Waals surface area contributed by atoms with Crippen LogP contribution in [0, 0.1) is 0 Å². The Hall–Kier alpha value is -0.780. The largest absolute Gasteiger partial charge is 0.386 e. The third-order valence-corrected chi connectivity index (χ3v) is 3.96. The van der Waals surface area contributed by atoms with E-state index in [2.05, 4.69) is 5.10 Å². The molecule has 0 saturated carbocycles. The predicted molar refractivity (Wildman–Crippen MR) is 84.2 cm³/mol. The van der Waals surface area contributed by atoms with E-state index in [1.54, 1.807) is 30.0 Å². The molecule has 1 aromatic carbocycles. The molecule has 0 fully saturated rings. The molecule has 2 aromatic rings. The van der Waals surface area contributed by atoms with Crippen molar-refractivity contribution in [2.75, 3.05) is 13.7 Å². The first-order valence-electron chi connectivity index (χ1n) is 6.35. The first-order chi connectivity index (χ1) is 10.0. The molecule has 21 heavy (non-hydrogen) atoms. The highest BCUT2D eigenvalue weighted by atomic mass is 35.5. The van der Waals surface area contributed by atoms with E-state index in [-0.39, 0.29) is 0 Å². The average molecular weight is 350 g/mol. The van der Waals surface area contributed by atoms with Gasteiger partial charge in [0.05, 0.1) is 30.1 Å². The van der Waals surface area contributed by atoms with Crippen LogP contribution in [0.15, 0.2) is 24.4 Å². The number of halogens is 3. The van der Waals surface area contributed by atoms with Crippen LogP contribution in [-0.4, -0.2) is 28.6 Å². The van der Waals surface area contributed by atoms with E-state index < -0.39 is 6.10 Å². The second kappa shape index (κ2) is 7.47. The summed E-state index contributed by atoms with van der Waals surface area (Å²) < 4.78 is 6.66. The normalized spacial score (nSPS) is 12.6. The van der Waals surface area contributed by atoms with Gasteiger partial charge in [0, 0.05) is 23.6 Å². The van der Waals surface area contributed by atoms with Crippen molar-refractivity contribution in [1.82, 2.24) is 9.78 Å². The van der Waals surface area contributed by atoms with Gasteiger partial charge in [0.25, 0.3) is 0 Å². The van der Waals surface area contributed by atoms with Gasteiger partial charge in [0.1, 0.15) is 6.10 Å². The van der Waals surface area contributed by atoms with E-state index >= 15 is 0 Å². The highest BCUT2D eigenvalue weighted by molar-refractivity contribution is 6.35. The highest BCUT2D eigenvalue weighted by Crippen LogP contribution is 2.29. The Bertz CT molecular complexity index is 616. The molecule has 1 heterocycles. The molecule has 1 unspecified atom stereocenters. The molecule has 0 aliphatic carbocycles. The molecular formula is C14H15Cl3N2O2. The second-order valence-electron chi connectivity index (χ2n) is 4.55. The molecule has 0 bridgehead atoms. The number of benzene rings is 1. The number of hydrogen-bond donors (Lipinski definition) is 1. The van der Waals surface area contributed by atoms with Crippen LogP contribution >= 0.6 is 34.8 Å². The highest BCUT2D eigenvalue weighted by Gasteiger charge is 2.19. The molecule has 2 rings (SSSR count). The van der Waals surface area contributed by atoms with E-state index in [4.69, 9.17) is 39.5 Å². The average Bonchev–Trinajstić information content (AvgIpc) is 2.80. The van der Waals surface area contributed by atoms with Gasteiger partial charge in [-0.3, -0.25) is 4.68 Å². The topological polar surface area (TPSA) is 47.3 Å². The first kappa shape index (κ1) is 16.6. The Labute approximate surface area is 138 Å². The molecule has 0 radical (unpaired) electrons. The fourth-order valence-electron chi connectivity index (χ4n) is 2.05. The standard InChI is InChI=1S/C14H15Cl3N2O2/c1-21-5-4-19-14(12(17)8-18-19)13(20)6-9-2-3-10(15)7-11(9)16/h2-3,7-8,13,20H,4-6H2,1H3. The summed E-state index contributed by atoms with van der Waals surface area (Å²) >= 11 is 18.1. The zero-order valence-corrected chi connectivity index (χ0v) is 13.7. The van der Waals surface area contributed by atoms with Gasteiger partial charge in [-0.2, -0.15) is 5.10 Å². The fourth-order valence-corrected chi connectivity index (χ4v) is 2.80. The molecule has 1 N–H and O–H groups in total. The lowest BCUT2D eigenvalue weighted by molar-refractivity contribution is 0.153. The van der Waals surface area contributed by atoms with Crippen molar-refractivity contribution in [3.8, 4) is 0 Å². The van der Waals surface area contributed by atoms with Gasteiger partial charge >= 0.3 is 0 Å². The zero-order valence-electron chi connectivity index (χ0n) is 11.4. The van der Waals surface area contributed by atoms with E-state index in [1.807, 2.05) is 0 Å². The molecule has 114 valence electrons. The number of rotatable bonds is 6. The molecule has 0 amide bonds. The zero-order chi connectivity index (χ0) is 15.4. The van der Waals surface area contributed by atoms with Crippen molar-refractivity contribution in [2.45, 2.75) is 19.1 Å². The Morgan fingerprint density at radius 2 is 2.05 bits per heavy atom. The van der Waals surface area contributed by atoms with E-state index in [0.29, 0.717) is 40.3 Å². The van der Waals surface area contributed by atoms with Crippen molar-refractivity contribution in [1.29, 1.82) is 0 Å². The number of aliphatic hydroxyl groups is 1. The molecule has 1 aromatic heterocycles. The maximum absolute atomic E-state index is 10.4. The van der Waals surface area contributed by atoms with Gasteiger partial charge in [-0.15, -0.1) is 0 Å². The molecule has 0 aliphatic heterocycles. The van der Waals surface area contributed by atoms with Crippen LogP contribution < -0.4 is 0 Å². The maximum Gasteiger partial charge on any atom is 0.101 e. The van der Waals surface area contributed by atoms with Gasteiger partial charge in [0.2, 0.25) is 0 Å². The van der Waals surface area contributed by atoms with Gasteiger partial charge < -0.3 is 9.84 Å². The van der Waals surface area contributed by atoms with Gasteiger partial charge in [-0.1, -0.05) is 40.9 Å². The van der Waals surface area contributed by atoms with Crippen LogP contribution in [-0.2, 0) is 17.7 Å². The fraction of sp³-hybridized carbons (Fsp3) is 0.357. The summed E-state index contributed by atoms with van der Waals surface area (Å²) in [5.74, 6) is 0. The Kier molecular flexibility index (Phi) is 5.90. The molecule has 1 atom stereocenters. The smallest absolute Gasteiger partial charge is 0.101 e. The molecule has 4 nitrogen and oxygen atoms in total. The van der Waals surface area contributed by atoms with Gasteiger partial charge in [-0.05, 0) is 17.7 Å². The Morgan fingerprint density at radius 1 is 1.29 bits per heavy atom. The predicted octanol–water partition coefficient (Wildman–Crippen LogP) is 3.77. The number of ether oxygens (including phenoxy) is 1. The molecule has 0 saturated heterocycles. The number of hydrogen-bond acceptors (Lipinski definition) is 3. The maximum atomic E-state index is 10.4. The summed E-state index contributed by atoms with van der Waals surface area (Å²) in [7, 11) is 1.61. The van der Waals surface area contributed by atoms with Crippen molar-refractivity contribution in [3.63, 3.8) is 0 Å². The second-order valence-corrected chi connectivity index (χ2v) is 5.80. The van der Waals surface area contributed by atoms with Crippen LogP contribution in [0.2, 0.25) is 15.1 Å². The Balaban J connectivity index is 2.19. The SMILES string of the molecule is COCCn1ncc(Cl)c1C(O)Cc1ccc(Cl)cc1Cl. The van der Waals surface area contributed by atoms with Crippen LogP contribution in [0.1, 0.15) is 17.4 Å². The lowest BCUT2D eigenvalue weighted by atomic mass is 10.1. The van der Waals surface area contributed by atoms with Crippen LogP contribution in [0.4, 0.5) is 0 Å². The lowest BCUT2D eigenvalue weighted by Crippen LogP contribution is -2.14. The minimum absolute atomic E-state index is 0.328. The summed E-state index contributed by atoms with van der Waals surface area (Å²) in [6.07, 6.45) is 1.03. The summed E-state index contributed by atoms with van der Waals surface area (Å²) in [4.78, 5) is 0. The lowest BCUT2D eigenvalue weighted by Gasteiger charge is -2.15. The minimum atomic E-state index is -0.810. The van der Waals surface area contributed by atoms with Crippen molar-refractivity contribution < 1.29 is 9.84 Å². The summed E-state index contributed by atoms with van der Waals surface area (Å²) in [6, 6.07) is 5.17. The number of nitrogens with zero attached hydrogens (tertiary/aromatic N) is 2. The molecule has 0 spiro atoms. The van der Waals surface area contributed by atoms with Crippen molar-refractivity contribution >= 4 is 34.8 Å². The third kappa shape index (κ3) is 4.11. The number of methoxy groups -OCH3 is 1. The minimum Gasteiger partial charge on any atom is -0.386 e. The van der Waals surface area contributed by atoms with Crippen molar-refractivity contribution in [2.24, 2.45) is 0 Å².